The third kappa shape index (κ3) is 4.55. The first kappa shape index (κ1) is 18.2. The van der Waals surface area contributed by atoms with E-state index in [4.69, 9.17) is 9.73 Å². The lowest BCUT2D eigenvalue weighted by Crippen LogP contribution is -2.43. The lowest BCUT2D eigenvalue weighted by Gasteiger charge is -2.40. The molecule has 2 aliphatic rings. The van der Waals surface area contributed by atoms with Crippen molar-refractivity contribution in [3.05, 3.63) is 35.9 Å². The topological polar surface area (TPSA) is 45.7 Å². The Hall–Kier alpha value is -1.55. The van der Waals surface area contributed by atoms with Crippen molar-refractivity contribution in [3.63, 3.8) is 0 Å². The van der Waals surface area contributed by atoms with Gasteiger partial charge in [-0.25, -0.2) is 0 Å². The zero-order valence-electron chi connectivity index (χ0n) is 15.8. The lowest BCUT2D eigenvalue weighted by atomic mass is 9.67. The molecule has 2 aliphatic carbocycles. The van der Waals surface area contributed by atoms with E-state index < -0.39 is 0 Å². The molecule has 0 amide bonds. The molecule has 0 saturated heterocycles. The number of rotatable bonds is 9. The molecule has 0 bridgehead atoms. The smallest absolute Gasteiger partial charge is 0.191 e. The maximum Gasteiger partial charge on any atom is 0.191 e. The lowest BCUT2D eigenvalue weighted by molar-refractivity contribution is 0.0778. The van der Waals surface area contributed by atoms with E-state index in [-0.39, 0.29) is 0 Å². The summed E-state index contributed by atoms with van der Waals surface area (Å²) < 4.78 is 5.30. The van der Waals surface area contributed by atoms with Gasteiger partial charge in [0, 0.05) is 38.8 Å². The Bertz CT molecular complexity index is 562. The minimum Gasteiger partial charge on any atom is -0.385 e. The number of benzene rings is 1. The van der Waals surface area contributed by atoms with Crippen molar-refractivity contribution in [2.45, 2.75) is 50.9 Å². The summed E-state index contributed by atoms with van der Waals surface area (Å²) in [5, 5.41) is 7.03. The Morgan fingerprint density at radius 3 is 2.44 bits per heavy atom. The van der Waals surface area contributed by atoms with Gasteiger partial charge in [0.25, 0.3) is 0 Å². The van der Waals surface area contributed by atoms with Crippen LogP contribution < -0.4 is 10.6 Å². The summed E-state index contributed by atoms with van der Waals surface area (Å²) in [6.07, 6.45) is 7.56. The second-order valence-electron chi connectivity index (χ2n) is 7.79. The molecule has 0 aliphatic heterocycles. The first-order chi connectivity index (χ1) is 12.2. The fourth-order valence-electron chi connectivity index (χ4n) is 3.83. The summed E-state index contributed by atoms with van der Waals surface area (Å²) >= 11 is 0. The first-order valence-electron chi connectivity index (χ1n) is 9.79. The molecule has 25 heavy (non-hydrogen) atoms. The van der Waals surface area contributed by atoms with Gasteiger partial charge in [0.1, 0.15) is 0 Å². The molecule has 4 heteroatoms. The number of nitrogens with one attached hydrogen (secondary N) is 2. The van der Waals surface area contributed by atoms with Gasteiger partial charge in [0.05, 0.1) is 0 Å². The summed E-state index contributed by atoms with van der Waals surface area (Å²) in [5.74, 6) is 0.966. The number of aliphatic imine (C=N–C) groups is 1. The van der Waals surface area contributed by atoms with Crippen LogP contribution in [-0.4, -0.2) is 39.3 Å². The molecule has 1 aromatic rings. The fourth-order valence-corrected chi connectivity index (χ4v) is 3.83. The van der Waals surface area contributed by atoms with Crippen LogP contribution in [0, 0.1) is 5.41 Å². The second-order valence-corrected chi connectivity index (χ2v) is 7.79. The zero-order chi connectivity index (χ0) is 17.6. The van der Waals surface area contributed by atoms with Crippen LogP contribution in [0.25, 0.3) is 0 Å². The van der Waals surface area contributed by atoms with Gasteiger partial charge in [0.2, 0.25) is 0 Å². The van der Waals surface area contributed by atoms with Crippen LogP contribution >= 0.6 is 0 Å². The van der Waals surface area contributed by atoms with E-state index in [0.717, 1.165) is 38.6 Å². The molecule has 0 aromatic heterocycles. The molecule has 2 saturated carbocycles. The average Bonchev–Trinajstić information content (AvgIpc) is 3.40. The Kier molecular flexibility index (Phi) is 6.00. The molecule has 0 heterocycles. The van der Waals surface area contributed by atoms with Gasteiger partial charge in [-0.2, -0.15) is 0 Å². The maximum absolute atomic E-state index is 5.30. The van der Waals surface area contributed by atoms with E-state index in [2.05, 4.69) is 47.9 Å². The first-order valence-corrected chi connectivity index (χ1v) is 9.79. The van der Waals surface area contributed by atoms with E-state index in [0.29, 0.717) is 10.8 Å². The van der Waals surface area contributed by atoms with Crippen LogP contribution in [0.1, 0.15) is 51.0 Å². The number of guanidine groups is 1. The minimum atomic E-state index is 0.307. The Labute approximate surface area is 152 Å². The van der Waals surface area contributed by atoms with E-state index in [1.165, 1.54) is 37.7 Å². The molecule has 0 radical (unpaired) electrons. The predicted molar refractivity (Wildman–Crippen MR) is 104 cm³/mol. The van der Waals surface area contributed by atoms with Crippen LogP contribution in [-0.2, 0) is 10.2 Å². The molecule has 0 unspecified atom stereocenters. The number of ether oxygens (including phenoxy) is 1. The van der Waals surface area contributed by atoms with Crippen molar-refractivity contribution in [1.82, 2.24) is 10.6 Å². The second kappa shape index (κ2) is 8.22. The molecule has 3 rings (SSSR count). The average molecular weight is 344 g/mol. The Morgan fingerprint density at radius 1 is 1.12 bits per heavy atom. The van der Waals surface area contributed by atoms with Crippen LogP contribution in [0.5, 0.6) is 0 Å². The van der Waals surface area contributed by atoms with E-state index in [1.807, 2.05) is 0 Å². The van der Waals surface area contributed by atoms with Gasteiger partial charge < -0.3 is 15.4 Å². The largest absolute Gasteiger partial charge is 0.385 e. The van der Waals surface area contributed by atoms with Crippen LogP contribution in [0.4, 0.5) is 0 Å². The van der Waals surface area contributed by atoms with Crippen molar-refractivity contribution in [2.75, 3.05) is 33.4 Å². The molecule has 1 aromatic carbocycles. The molecular weight excluding hydrogens is 310 g/mol. The van der Waals surface area contributed by atoms with Gasteiger partial charge in [-0.15, -0.1) is 0 Å². The minimum absolute atomic E-state index is 0.307. The van der Waals surface area contributed by atoms with Gasteiger partial charge in [0.15, 0.2) is 5.96 Å². The van der Waals surface area contributed by atoms with Gasteiger partial charge in [-0.1, -0.05) is 36.8 Å². The monoisotopic (exact) mass is 343 g/mol. The fraction of sp³-hybridized carbons (Fsp3) is 0.667. The highest BCUT2D eigenvalue weighted by Crippen LogP contribution is 2.47. The number of nitrogens with zero attached hydrogens (tertiary/aromatic N) is 1. The van der Waals surface area contributed by atoms with Gasteiger partial charge in [-0.05, 0) is 50.0 Å². The van der Waals surface area contributed by atoms with Crippen LogP contribution in [0.15, 0.2) is 35.3 Å². The molecule has 0 spiro atoms. The Morgan fingerprint density at radius 2 is 1.88 bits per heavy atom. The van der Waals surface area contributed by atoms with Crippen molar-refractivity contribution >= 4 is 5.96 Å². The summed E-state index contributed by atoms with van der Waals surface area (Å²) in [5.41, 5.74) is 2.13. The van der Waals surface area contributed by atoms with Crippen LogP contribution in [0.2, 0.25) is 0 Å². The van der Waals surface area contributed by atoms with Crippen molar-refractivity contribution < 1.29 is 4.74 Å². The van der Waals surface area contributed by atoms with Gasteiger partial charge in [-0.3, -0.25) is 4.99 Å². The normalized spacial score (nSPS) is 20.6. The molecule has 138 valence electrons. The van der Waals surface area contributed by atoms with Crippen molar-refractivity contribution in [3.8, 4) is 0 Å². The summed E-state index contributed by atoms with van der Waals surface area (Å²) in [4.78, 5) is 4.92. The molecule has 2 N–H and O–H groups in total. The third-order valence-electron chi connectivity index (χ3n) is 6.00. The van der Waals surface area contributed by atoms with Crippen LogP contribution in [0.3, 0.4) is 0 Å². The Balaban J connectivity index is 1.58. The summed E-state index contributed by atoms with van der Waals surface area (Å²) in [6.45, 7) is 5.75. The quantitative estimate of drug-likeness (QED) is 0.533. The zero-order valence-corrected chi connectivity index (χ0v) is 15.8. The highest BCUT2D eigenvalue weighted by Gasteiger charge is 2.44. The van der Waals surface area contributed by atoms with Crippen molar-refractivity contribution in [2.24, 2.45) is 10.4 Å². The standard InChI is InChI=1S/C21H33N3O/c1-3-22-19(23-16-20(10-7-11-20)14-15-25-2)24-17-21(12-13-21)18-8-5-4-6-9-18/h4-6,8-9H,3,7,10-17H2,1-2H3,(H2,22,23,24). The molecule has 4 nitrogen and oxygen atoms in total. The molecule has 0 atom stereocenters. The van der Waals surface area contributed by atoms with Crippen molar-refractivity contribution in [1.29, 1.82) is 0 Å². The number of hydrogen-bond acceptors (Lipinski definition) is 2. The highest BCUT2D eigenvalue weighted by molar-refractivity contribution is 5.80. The number of methoxy groups -OCH3 is 1. The van der Waals surface area contributed by atoms with E-state index in [9.17, 15) is 0 Å². The molecular formula is C21H33N3O. The maximum atomic E-state index is 5.30. The summed E-state index contributed by atoms with van der Waals surface area (Å²) in [7, 11) is 1.79. The predicted octanol–water partition coefficient (Wildman–Crippen LogP) is 3.48. The van der Waals surface area contributed by atoms with E-state index >= 15 is 0 Å². The summed E-state index contributed by atoms with van der Waals surface area (Å²) in [6, 6.07) is 10.9. The van der Waals surface area contributed by atoms with Gasteiger partial charge >= 0.3 is 0 Å². The van der Waals surface area contributed by atoms with E-state index in [1.54, 1.807) is 7.11 Å². The highest BCUT2D eigenvalue weighted by atomic mass is 16.5. The number of hydrogen-bond donors (Lipinski definition) is 2. The molecule has 2 fully saturated rings. The third-order valence-corrected chi connectivity index (χ3v) is 6.00. The SMILES string of the molecule is CCNC(=NCC1(CCOC)CCC1)NCC1(c2ccccc2)CC1.